The fourth-order valence-corrected chi connectivity index (χ4v) is 9.54. The lowest BCUT2D eigenvalue weighted by molar-refractivity contribution is -0.0837. The maximum absolute atomic E-state index is 6.04. The molecule has 0 aromatic heterocycles. The predicted molar refractivity (Wildman–Crippen MR) is 115 cm³/mol. The van der Waals surface area contributed by atoms with Gasteiger partial charge in [-0.1, -0.05) is 65.3 Å². The fraction of sp³-hybridized carbons (Fsp3) is 0.636. The molecule has 0 aliphatic rings. The van der Waals surface area contributed by atoms with Crippen LogP contribution >= 0.6 is 11.6 Å². The molecule has 0 unspecified atom stereocenters. The fourth-order valence-electron chi connectivity index (χ4n) is 4.07. The number of halogens is 1. The minimum atomic E-state index is -1.75. The summed E-state index contributed by atoms with van der Waals surface area (Å²) in [7, 11) is -0.104. The molecule has 0 amide bonds. The number of benzene rings is 1. The Hall–Kier alpha value is -0.793. The molecule has 1 rings (SSSR count). The van der Waals surface area contributed by atoms with Crippen molar-refractivity contribution in [3.63, 3.8) is 0 Å². The molecule has 0 fully saturated rings. The molecule has 0 saturated heterocycles. The van der Waals surface area contributed by atoms with Gasteiger partial charge in [-0.2, -0.15) is 0 Å². The summed E-state index contributed by atoms with van der Waals surface area (Å²) in [5, 5.41) is 0.726. The summed E-state index contributed by atoms with van der Waals surface area (Å²) in [6.45, 7) is 16.4. The minimum Gasteiger partial charge on any atom is -0.359 e. The minimum absolute atomic E-state index is 0.0782. The highest BCUT2D eigenvalue weighted by molar-refractivity contribution is 6.90. The Bertz CT molecular complexity index is 577. The highest BCUT2D eigenvalue weighted by Gasteiger charge is 2.41. The third-order valence-electron chi connectivity index (χ3n) is 5.40. The maximum atomic E-state index is 6.04. The zero-order chi connectivity index (χ0) is 19.9. The van der Waals surface area contributed by atoms with Gasteiger partial charge in [0.15, 0.2) is 0 Å². The molecule has 0 heterocycles. The lowest BCUT2D eigenvalue weighted by Gasteiger charge is -2.38. The van der Waals surface area contributed by atoms with Crippen LogP contribution in [0.25, 0.3) is 0 Å². The summed E-state index contributed by atoms with van der Waals surface area (Å²) in [4.78, 5) is 0. The van der Waals surface area contributed by atoms with Gasteiger partial charge in [-0.15, -0.1) is 11.5 Å². The number of hydrogen-bond donors (Lipinski definition) is 0. The van der Waals surface area contributed by atoms with Gasteiger partial charge in [0.2, 0.25) is 0 Å². The topological polar surface area (TPSA) is 18.5 Å². The van der Waals surface area contributed by atoms with Crippen LogP contribution < -0.4 is 0 Å². The molecule has 4 heteroatoms. The summed E-state index contributed by atoms with van der Waals surface area (Å²) < 4.78 is 11.1. The molecule has 146 valence electrons. The van der Waals surface area contributed by atoms with Gasteiger partial charge in [0, 0.05) is 18.1 Å². The average Bonchev–Trinajstić information content (AvgIpc) is 2.56. The van der Waals surface area contributed by atoms with Crippen molar-refractivity contribution in [3.05, 3.63) is 34.9 Å². The lowest BCUT2D eigenvalue weighted by Crippen LogP contribution is -2.43. The standard InChI is InChI=1S/C22H35ClO2Si/c1-16(2)26(17(3)4,18(5)6)14-13-19(7)22(25-15-24-8)20-9-11-21(23)12-10-20/h9-12,16-19,22H,15H2,1-8H3/t19-,22+/m1/s1. The Morgan fingerprint density at radius 1 is 0.923 bits per heavy atom. The van der Waals surface area contributed by atoms with Crippen molar-refractivity contribution < 1.29 is 9.47 Å². The molecule has 1 aromatic rings. The van der Waals surface area contributed by atoms with E-state index in [2.05, 4.69) is 59.9 Å². The third-order valence-corrected chi connectivity index (χ3v) is 12.0. The molecule has 26 heavy (non-hydrogen) atoms. The van der Waals surface area contributed by atoms with E-state index in [1.807, 2.05) is 24.3 Å². The van der Waals surface area contributed by atoms with E-state index in [1.54, 1.807) is 7.11 Å². The van der Waals surface area contributed by atoms with Gasteiger partial charge in [-0.3, -0.25) is 0 Å². The molecule has 2 nitrogen and oxygen atoms in total. The lowest BCUT2D eigenvalue weighted by atomic mass is 9.98. The first-order valence-corrected chi connectivity index (χ1v) is 12.2. The van der Waals surface area contributed by atoms with Gasteiger partial charge in [0.25, 0.3) is 0 Å². The van der Waals surface area contributed by atoms with Gasteiger partial charge in [0.05, 0.1) is 6.10 Å². The largest absolute Gasteiger partial charge is 0.359 e. The molecule has 0 N–H and O–H groups in total. The molecule has 0 aliphatic carbocycles. The Morgan fingerprint density at radius 3 is 1.85 bits per heavy atom. The molecular formula is C22H35ClO2Si. The van der Waals surface area contributed by atoms with E-state index < -0.39 is 8.07 Å². The average molecular weight is 395 g/mol. The zero-order valence-electron chi connectivity index (χ0n) is 17.6. The summed E-state index contributed by atoms with van der Waals surface area (Å²) in [5.41, 5.74) is 6.76. The molecule has 0 radical (unpaired) electrons. The summed E-state index contributed by atoms with van der Waals surface area (Å²) >= 11 is 6.04. The summed E-state index contributed by atoms with van der Waals surface area (Å²) in [6.07, 6.45) is -0.127. The Kier molecular flexibility index (Phi) is 9.40. The van der Waals surface area contributed by atoms with E-state index in [-0.39, 0.29) is 18.8 Å². The normalized spacial score (nSPS) is 14.5. The SMILES string of the molecule is COCO[C@H](c1ccc(Cl)cc1)[C@H](C)C#C[Si](C(C)C)(C(C)C)C(C)C. The van der Waals surface area contributed by atoms with Crippen LogP contribution in [0.2, 0.25) is 21.6 Å². The maximum Gasteiger partial charge on any atom is 0.147 e. The zero-order valence-corrected chi connectivity index (χ0v) is 19.4. The second-order valence-electron chi connectivity index (χ2n) is 8.00. The Morgan fingerprint density at radius 2 is 1.42 bits per heavy atom. The Labute approximate surface area is 166 Å². The van der Waals surface area contributed by atoms with Gasteiger partial charge in [-0.25, -0.2) is 0 Å². The number of methoxy groups -OCH3 is 1. The van der Waals surface area contributed by atoms with Crippen molar-refractivity contribution in [2.45, 2.75) is 71.2 Å². The van der Waals surface area contributed by atoms with Crippen LogP contribution in [0.5, 0.6) is 0 Å². The van der Waals surface area contributed by atoms with Crippen molar-refractivity contribution in [1.29, 1.82) is 0 Å². The van der Waals surface area contributed by atoms with Gasteiger partial charge >= 0.3 is 0 Å². The molecule has 2 atom stereocenters. The highest BCUT2D eigenvalue weighted by atomic mass is 35.5. The quantitative estimate of drug-likeness (QED) is 0.272. The first-order chi connectivity index (χ1) is 12.2. The summed E-state index contributed by atoms with van der Waals surface area (Å²) in [6, 6.07) is 7.82. The molecule has 1 aromatic carbocycles. The monoisotopic (exact) mass is 394 g/mol. The first kappa shape index (κ1) is 23.2. The van der Waals surface area contributed by atoms with E-state index in [0.717, 1.165) is 10.6 Å². The first-order valence-electron chi connectivity index (χ1n) is 9.55. The van der Waals surface area contributed by atoms with Crippen LogP contribution in [0.3, 0.4) is 0 Å². The van der Waals surface area contributed by atoms with E-state index in [0.29, 0.717) is 16.6 Å². The van der Waals surface area contributed by atoms with Crippen molar-refractivity contribution >= 4 is 19.7 Å². The van der Waals surface area contributed by atoms with Crippen LogP contribution in [0.15, 0.2) is 24.3 Å². The van der Waals surface area contributed by atoms with Gasteiger partial charge in [-0.05, 0) is 41.2 Å². The van der Waals surface area contributed by atoms with Crippen LogP contribution in [0.1, 0.15) is 60.1 Å². The summed E-state index contributed by atoms with van der Waals surface area (Å²) in [5.74, 6) is 3.67. The number of rotatable bonds is 8. The van der Waals surface area contributed by atoms with Crippen molar-refractivity contribution in [3.8, 4) is 11.5 Å². The number of hydrogen-bond acceptors (Lipinski definition) is 2. The van der Waals surface area contributed by atoms with E-state index in [1.165, 1.54) is 0 Å². The highest BCUT2D eigenvalue weighted by Crippen LogP contribution is 2.41. The second kappa shape index (κ2) is 10.5. The molecule has 0 aliphatic heterocycles. The molecular weight excluding hydrogens is 360 g/mol. The number of ether oxygens (including phenoxy) is 2. The van der Waals surface area contributed by atoms with E-state index in [4.69, 9.17) is 21.1 Å². The molecule has 0 saturated carbocycles. The van der Waals surface area contributed by atoms with Crippen LogP contribution in [0.4, 0.5) is 0 Å². The van der Waals surface area contributed by atoms with E-state index >= 15 is 0 Å². The third kappa shape index (κ3) is 5.60. The molecule has 0 spiro atoms. The van der Waals surface area contributed by atoms with E-state index in [9.17, 15) is 0 Å². The van der Waals surface area contributed by atoms with Crippen molar-refractivity contribution in [2.75, 3.05) is 13.9 Å². The smallest absolute Gasteiger partial charge is 0.147 e. The Balaban J connectivity index is 3.21. The van der Waals surface area contributed by atoms with Crippen molar-refractivity contribution in [2.24, 2.45) is 5.92 Å². The van der Waals surface area contributed by atoms with Gasteiger partial charge in [0.1, 0.15) is 14.9 Å². The predicted octanol–water partition coefficient (Wildman–Crippen LogP) is 6.86. The van der Waals surface area contributed by atoms with Crippen LogP contribution in [-0.2, 0) is 9.47 Å². The van der Waals surface area contributed by atoms with Crippen molar-refractivity contribution in [1.82, 2.24) is 0 Å². The van der Waals surface area contributed by atoms with Crippen LogP contribution in [0, 0.1) is 17.4 Å². The van der Waals surface area contributed by atoms with Gasteiger partial charge < -0.3 is 9.47 Å². The molecule has 0 bridgehead atoms. The van der Waals surface area contributed by atoms with Crippen LogP contribution in [-0.4, -0.2) is 22.0 Å². The second-order valence-corrected chi connectivity index (χ2v) is 14.0.